The lowest BCUT2D eigenvalue weighted by Gasteiger charge is -2.09. The summed E-state index contributed by atoms with van der Waals surface area (Å²) in [5.41, 5.74) is 6.42. The fourth-order valence-corrected chi connectivity index (χ4v) is 1.71. The van der Waals surface area contributed by atoms with Crippen molar-refractivity contribution >= 4 is 27.5 Å². The van der Waals surface area contributed by atoms with Gasteiger partial charge in [-0.25, -0.2) is 0 Å². The molecule has 0 fully saturated rings. The highest BCUT2D eigenvalue weighted by Crippen LogP contribution is 2.33. The molecular formula is C8H9BrClNO. The summed E-state index contributed by atoms with van der Waals surface area (Å²) in [6, 6.07) is 3.62. The molecule has 4 heteroatoms. The van der Waals surface area contributed by atoms with Gasteiger partial charge in [-0.15, -0.1) is 0 Å². The summed E-state index contributed by atoms with van der Waals surface area (Å²) in [5.74, 6) is 0.647. The maximum absolute atomic E-state index is 5.88. The molecule has 0 spiro atoms. The van der Waals surface area contributed by atoms with E-state index in [1.165, 1.54) is 0 Å². The average Bonchev–Trinajstić information content (AvgIpc) is 2.08. The Hall–Kier alpha value is -0.250. The van der Waals surface area contributed by atoms with Crippen LogP contribution >= 0.6 is 27.5 Å². The molecular weight excluding hydrogens is 241 g/mol. The van der Waals surface area contributed by atoms with E-state index in [9.17, 15) is 0 Å². The van der Waals surface area contributed by atoms with Gasteiger partial charge in [0.15, 0.2) is 0 Å². The summed E-state index contributed by atoms with van der Waals surface area (Å²) >= 11 is 9.24. The molecule has 2 N–H and O–H groups in total. The van der Waals surface area contributed by atoms with Gasteiger partial charge in [0.05, 0.1) is 12.1 Å². The minimum Gasteiger partial charge on any atom is -0.495 e. The summed E-state index contributed by atoms with van der Waals surface area (Å²) in [6.07, 6.45) is 0. The average molecular weight is 251 g/mol. The molecule has 1 aromatic carbocycles. The first kappa shape index (κ1) is 9.84. The van der Waals surface area contributed by atoms with Crippen LogP contribution in [0.15, 0.2) is 16.6 Å². The largest absolute Gasteiger partial charge is 0.495 e. The van der Waals surface area contributed by atoms with E-state index in [0.717, 1.165) is 10.0 Å². The number of nitrogens with two attached hydrogens (primary N) is 1. The number of ether oxygens (including phenoxy) is 1. The Balaban J connectivity index is 3.28. The number of rotatable bonds is 2. The topological polar surface area (TPSA) is 35.2 Å². The van der Waals surface area contributed by atoms with Crippen molar-refractivity contribution in [3.05, 3.63) is 27.2 Å². The molecule has 0 aromatic heterocycles. The van der Waals surface area contributed by atoms with Gasteiger partial charge in [-0.05, 0) is 12.1 Å². The van der Waals surface area contributed by atoms with Crippen molar-refractivity contribution < 1.29 is 4.74 Å². The second-order valence-electron chi connectivity index (χ2n) is 2.25. The van der Waals surface area contributed by atoms with Crippen molar-refractivity contribution in [2.75, 3.05) is 7.11 Å². The Labute approximate surface area is 84.8 Å². The van der Waals surface area contributed by atoms with E-state index in [1.807, 2.05) is 6.07 Å². The predicted molar refractivity (Wildman–Crippen MR) is 53.6 cm³/mol. The number of benzene rings is 1. The van der Waals surface area contributed by atoms with Crippen molar-refractivity contribution in [2.45, 2.75) is 6.54 Å². The van der Waals surface area contributed by atoms with Crippen molar-refractivity contribution in [1.82, 2.24) is 0 Å². The maximum atomic E-state index is 5.88. The van der Waals surface area contributed by atoms with Crippen LogP contribution in [0.25, 0.3) is 0 Å². The van der Waals surface area contributed by atoms with Gasteiger partial charge in [0, 0.05) is 16.6 Å². The van der Waals surface area contributed by atoms with Crippen LogP contribution in [0.5, 0.6) is 5.75 Å². The van der Waals surface area contributed by atoms with Gasteiger partial charge in [0.2, 0.25) is 0 Å². The third kappa shape index (κ3) is 1.73. The summed E-state index contributed by atoms with van der Waals surface area (Å²) in [4.78, 5) is 0. The zero-order valence-electron chi connectivity index (χ0n) is 6.60. The molecule has 0 radical (unpaired) electrons. The van der Waals surface area contributed by atoms with Crippen LogP contribution in [0, 0.1) is 0 Å². The quantitative estimate of drug-likeness (QED) is 0.875. The number of methoxy groups -OCH3 is 1. The first-order valence-corrected chi connectivity index (χ1v) is 4.58. The van der Waals surface area contributed by atoms with Crippen molar-refractivity contribution in [1.29, 1.82) is 0 Å². The zero-order chi connectivity index (χ0) is 9.14. The third-order valence-electron chi connectivity index (χ3n) is 1.56. The SMILES string of the molecule is COc1c(Cl)ccc(Br)c1CN. The summed E-state index contributed by atoms with van der Waals surface area (Å²) in [7, 11) is 1.58. The number of hydrogen-bond acceptors (Lipinski definition) is 2. The molecule has 0 bridgehead atoms. The van der Waals surface area contributed by atoms with Crippen molar-refractivity contribution in [3.63, 3.8) is 0 Å². The molecule has 12 heavy (non-hydrogen) atoms. The van der Waals surface area contributed by atoms with Gasteiger partial charge in [-0.2, -0.15) is 0 Å². The zero-order valence-corrected chi connectivity index (χ0v) is 8.95. The second-order valence-corrected chi connectivity index (χ2v) is 3.51. The van der Waals surface area contributed by atoms with Gasteiger partial charge >= 0.3 is 0 Å². The maximum Gasteiger partial charge on any atom is 0.143 e. The van der Waals surface area contributed by atoms with Crippen molar-refractivity contribution in [2.24, 2.45) is 5.73 Å². The van der Waals surface area contributed by atoms with Crippen LogP contribution in [0.3, 0.4) is 0 Å². The van der Waals surface area contributed by atoms with Crippen LogP contribution < -0.4 is 10.5 Å². The standard InChI is InChI=1S/C8H9BrClNO/c1-12-8-5(4-11)6(9)2-3-7(8)10/h2-3H,4,11H2,1H3. The molecule has 2 nitrogen and oxygen atoms in total. The van der Waals surface area contributed by atoms with E-state index in [1.54, 1.807) is 13.2 Å². The highest BCUT2D eigenvalue weighted by molar-refractivity contribution is 9.10. The summed E-state index contributed by atoms with van der Waals surface area (Å²) in [6.45, 7) is 0.407. The summed E-state index contributed by atoms with van der Waals surface area (Å²) in [5, 5.41) is 0.584. The molecule has 0 saturated carbocycles. The van der Waals surface area contributed by atoms with Gasteiger partial charge in [0.25, 0.3) is 0 Å². The first-order valence-electron chi connectivity index (χ1n) is 3.41. The number of hydrogen-bond donors (Lipinski definition) is 1. The Morgan fingerprint density at radius 3 is 2.67 bits per heavy atom. The molecule has 0 amide bonds. The van der Waals surface area contributed by atoms with E-state index < -0.39 is 0 Å². The fraction of sp³-hybridized carbons (Fsp3) is 0.250. The molecule has 0 aliphatic rings. The smallest absolute Gasteiger partial charge is 0.143 e. The number of halogens is 2. The van der Waals surface area contributed by atoms with E-state index in [-0.39, 0.29) is 0 Å². The molecule has 1 aromatic rings. The highest BCUT2D eigenvalue weighted by atomic mass is 79.9. The second kappa shape index (κ2) is 4.12. The lowest BCUT2D eigenvalue weighted by Crippen LogP contribution is -2.01. The predicted octanol–water partition coefficient (Wildman–Crippen LogP) is 2.57. The lowest BCUT2D eigenvalue weighted by atomic mass is 10.2. The van der Waals surface area contributed by atoms with Crippen LogP contribution in [0.4, 0.5) is 0 Å². The molecule has 0 saturated heterocycles. The first-order chi connectivity index (χ1) is 5.70. The highest BCUT2D eigenvalue weighted by Gasteiger charge is 2.09. The van der Waals surface area contributed by atoms with Crippen LogP contribution in [0.1, 0.15) is 5.56 Å². The van der Waals surface area contributed by atoms with E-state index in [2.05, 4.69) is 15.9 Å². The molecule has 0 atom stereocenters. The molecule has 0 unspecified atom stereocenters. The van der Waals surface area contributed by atoms with Crippen molar-refractivity contribution in [3.8, 4) is 5.75 Å². The Morgan fingerprint density at radius 2 is 2.25 bits per heavy atom. The minimum absolute atomic E-state index is 0.407. The monoisotopic (exact) mass is 249 g/mol. The third-order valence-corrected chi connectivity index (χ3v) is 2.60. The normalized spacial score (nSPS) is 10.0. The molecule has 0 aliphatic carbocycles. The van der Waals surface area contributed by atoms with E-state index in [4.69, 9.17) is 22.1 Å². The van der Waals surface area contributed by atoms with Gasteiger partial charge < -0.3 is 10.5 Å². The lowest BCUT2D eigenvalue weighted by molar-refractivity contribution is 0.409. The Kier molecular flexibility index (Phi) is 3.38. The molecule has 0 aliphatic heterocycles. The molecule has 1 rings (SSSR count). The van der Waals surface area contributed by atoms with E-state index >= 15 is 0 Å². The molecule has 66 valence electrons. The van der Waals surface area contributed by atoms with Gasteiger partial charge in [-0.3, -0.25) is 0 Å². The Morgan fingerprint density at radius 1 is 1.58 bits per heavy atom. The van der Waals surface area contributed by atoms with Gasteiger partial charge in [-0.1, -0.05) is 27.5 Å². The summed E-state index contributed by atoms with van der Waals surface area (Å²) < 4.78 is 6.03. The van der Waals surface area contributed by atoms with Crippen LogP contribution in [-0.4, -0.2) is 7.11 Å². The van der Waals surface area contributed by atoms with Crippen LogP contribution in [0.2, 0.25) is 5.02 Å². The van der Waals surface area contributed by atoms with E-state index in [0.29, 0.717) is 17.3 Å². The molecule has 0 heterocycles. The van der Waals surface area contributed by atoms with Crippen LogP contribution in [-0.2, 0) is 6.54 Å². The van der Waals surface area contributed by atoms with Gasteiger partial charge in [0.1, 0.15) is 5.75 Å². The minimum atomic E-state index is 0.407. The Bertz CT molecular complexity index is 262. The fourth-order valence-electron chi connectivity index (χ4n) is 0.986.